The molecule has 0 aromatic carbocycles. The Morgan fingerprint density at radius 2 is 2.05 bits per heavy atom. The van der Waals surface area contributed by atoms with Gasteiger partial charge in [-0.3, -0.25) is 4.79 Å². The highest BCUT2D eigenvalue weighted by Gasteiger charge is 2.22. The van der Waals surface area contributed by atoms with Gasteiger partial charge in [0.15, 0.2) is 0 Å². The lowest BCUT2D eigenvalue weighted by molar-refractivity contribution is -0.138. The van der Waals surface area contributed by atoms with E-state index in [4.69, 9.17) is 5.11 Å². The van der Waals surface area contributed by atoms with Crippen molar-refractivity contribution in [1.29, 1.82) is 0 Å². The minimum absolute atomic E-state index is 0.0574. The van der Waals surface area contributed by atoms with Crippen molar-refractivity contribution in [2.75, 3.05) is 24.6 Å². The number of nitrogens with zero attached hydrogens (tertiary/aromatic N) is 1. The zero-order valence-electron chi connectivity index (χ0n) is 11.7. The number of nitrogens with one attached hydrogen (secondary N) is 1. The molecule has 0 aromatic heterocycles. The number of thioether (sulfide) groups is 1. The first kappa shape index (κ1) is 16.1. The second kappa shape index (κ2) is 8.30. The molecule has 1 fully saturated rings. The average molecular weight is 288 g/mol. The maximum atomic E-state index is 12.1. The first-order chi connectivity index (χ1) is 9.04. The van der Waals surface area contributed by atoms with E-state index in [0.29, 0.717) is 12.5 Å². The van der Waals surface area contributed by atoms with Crippen LogP contribution in [-0.4, -0.2) is 52.6 Å². The molecule has 5 nitrogen and oxygen atoms in total. The van der Waals surface area contributed by atoms with Crippen molar-refractivity contribution in [3.05, 3.63) is 0 Å². The SMILES string of the molecule is CCC(C)N(CC(=O)O)C(=O)NCC1CCSCC1. The molecule has 6 heteroatoms. The van der Waals surface area contributed by atoms with Crippen LogP contribution in [0.25, 0.3) is 0 Å². The molecule has 1 aliphatic heterocycles. The molecule has 110 valence electrons. The highest BCUT2D eigenvalue weighted by atomic mass is 32.2. The lowest BCUT2D eigenvalue weighted by atomic mass is 10.0. The molecule has 0 saturated carbocycles. The average Bonchev–Trinajstić information content (AvgIpc) is 2.42. The van der Waals surface area contributed by atoms with E-state index in [1.807, 2.05) is 25.6 Å². The number of urea groups is 1. The second-order valence-electron chi connectivity index (χ2n) is 5.02. The number of carboxylic acid groups (broad SMARTS) is 1. The molecule has 1 atom stereocenters. The van der Waals surface area contributed by atoms with Gasteiger partial charge in [-0.25, -0.2) is 4.79 Å². The summed E-state index contributed by atoms with van der Waals surface area (Å²) in [6.07, 6.45) is 3.02. The highest BCUT2D eigenvalue weighted by molar-refractivity contribution is 7.99. The van der Waals surface area contributed by atoms with Crippen molar-refractivity contribution in [1.82, 2.24) is 10.2 Å². The summed E-state index contributed by atoms with van der Waals surface area (Å²) >= 11 is 1.96. The van der Waals surface area contributed by atoms with Crippen molar-refractivity contribution in [3.8, 4) is 0 Å². The van der Waals surface area contributed by atoms with Crippen LogP contribution in [0.15, 0.2) is 0 Å². The number of carbonyl (C=O) groups excluding carboxylic acids is 1. The first-order valence-electron chi connectivity index (χ1n) is 6.88. The molecule has 2 N–H and O–H groups in total. The van der Waals surface area contributed by atoms with Gasteiger partial charge < -0.3 is 15.3 Å². The predicted molar refractivity (Wildman–Crippen MR) is 77.5 cm³/mol. The lowest BCUT2D eigenvalue weighted by Gasteiger charge is -2.29. The van der Waals surface area contributed by atoms with E-state index in [0.717, 1.165) is 30.8 Å². The van der Waals surface area contributed by atoms with Crippen LogP contribution in [0.1, 0.15) is 33.1 Å². The lowest BCUT2D eigenvalue weighted by Crippen LogP contribution is -2.48. The number of hydrogen-bond donors (Lipinski definition) is 2. The molecule has 0 bridgehead atoms. The number of hydrogen-bond acceptors (Lipinski definition) is 3. The van der Waals surface area contributed by atoms with Crippen LogP contribution in [-0.2, 0) is 4.79 Å². The molecule has 0 radical (unpaired) electrons. The largest absolute Gasteiger partial charge is 0.480 e. The van der Waals surface area contributed by atoms with Crippen molar-refractivity contribution in [3.63, 3.8) is 0 Å². The van der Waals surface area contributed by atoms with E-state index in [9.17, 15) is 9.59 Å². The molecular formula is C13H24N2O3S. The van der Waals surface area contributed by atoms with E-state index in [2.05, 4.69) is 5.32 Å². The molecule has 1 heterocycles. The fourth-order valence-corrected chi connectivity index (χ4v) is 3.28. The summed E-state index contributed by atoms with van der Waals surface area (Å²) < 4.78 is 0. The maximum Gasteiger partial charge on any atom is 0.323 e. The third-order valence-corrected chi connectivity index (χ3v) is 4.62. The van der Waals surface area contributed by atoms with Crippen molar-refractivity contribution in [2.45, 2.75) is 39.2 Å². The van der Waals surface area contributed by atoms with Crippen LogP contribution < -0.4 is 5.32 Å². The van der Waals surface area contributed by atoms with Crippen LogP contribution in [0.4, 0.5) is 4.79 Å². The Balaban J connectivity index is 2.43. The van der Waals surface area contributed by atoms with Gasteiger partial charge in [0.1, 0.15) is 6.54 Å². The van der Waals surface area contributed by atoms with Gasteiger partial charge in [0.25, 0.3) is 0 Å². The molecule has 0 spiro atoms. The Morgan fingerprint density at radius 3 is 2.58 bits per heavy atom. The summed E-state index contributed by atoms with van der Waals surface area (Å²) in [5.74, 6) is 1.88. The van der Waals surface area contributed by atoms with E-state index in [1.54, 1.807) is 0 Å². The molecule has 2 amide bonds. The summed E-state index contributed by atoms with van der Waals surface area (Å²) in [6.45, 7) is 4.25. The van der Waals surface area contributed by atoms with E-state index >= 15 is 0 Å². The fraction of sp³-hybridized carbons (Fsp3) is 0.846. The van der Waals surface area contributed by atoms with Crippen LogP contribution in [0.5, 0.6) is 0 Å². The van der Waals surface area contributed by atoms with E-state index in [-0.39, 0.29) is 18.6 Å². The van der Waals surface area contributed by atoms with Crippen LogP contribution in [0.3, 0.4) is 0 Å². The summed E-state index contributed by atoms with van der Waals surface area (Å²) in [7, 11) is 0. The van der Waals surface area contributed by atoms with Crippen LogP contribution in [0.2, 0.25) is 0 Å². The number of amides is 2. The number of rotatable bonds is 6. The second-order valence-corrected chi connectivity index (χ2v) is 6.25. The predicted octanol–water partition coefficient (Wildman–Crippen LogP) is 2.02. The Labute approximate surface area is 119 Å². The molecule has 0 aliphatic carbocycles. The molecule has 0 aromatic rings. The van der Waals surface area contributed by atoms with E-state index in [1.165, 1.54) is 4.90 Å². The van der Waals surface area contributed by atoms with Crippen LogP contribution >= 0.6 is 11.8 Å². The zero-order valence-corrected chi connectivity index (χ0v) is 12.5. The first-order valence-corrected chi connectivity index (χ1v) is 8.04. The minimum Gasteiger partial charge on any atom is -0.480 e. The number of carboxylic acids is 1. The highest BCUT2D eigenvalue weighted by Crippen LogP contribution is 2.21. The third kappa shape index (κ3) is 5.72. The van der Waals surface area contributed by atoms with Gasteiger partial charge >= 0.3 is 12.0 Å². The van der Waals surface area contributed by atoms with Crippen molar-refractivity contribution >= 4 is 23.8 Å². The number of carbonyl (C=O) groups is 2. The van der Waals surface area contributed by atoms with Gasteiger partial charge in [0.2, 0.25) is 0 Å². The van der Waals surface area contributed by atoms with Gasteiger partial charge in [0, 0.05) is 12.6 Å². The quantitative estimate of drug-likeness (QED) is 0.784. The number of aliphatic carboxylic acids is 1. The molecular weight excluding hydrogens is 264 g/mol. The Kier molecular flexibility index (Phi) is 7.05. The molecule has 1 rings (SSSR count). The molecule has 1 aliphatic rings. The van der Waals surface area contributed by atoms with Gasteiger partial charge in [0.05, 0.1) is 0 Å². The topological polar surface area (TPSA) is 69.6 Å². The van der Waals surface area contributed by atoms with Crippen LogP contribution in [0, 0.1) is 5.92 Å². The summed E-state index contributed by atoms with van der Waals surface area (Å²) in [5.41, 5.74) is 0. The summed E-state index contributed by atoms with van der Waals surface area (Å²) in [4.78, 5) is 24.3. The van der Waals surface area contributed by atoms with Crippen molar-refractivity contribution in [2.24, 2.45) is 5.92 Å². The summed E-state index contributed by atoms with van der Waals surface area (Å²) in [6, 6.07) is -0.312. The Hall–Kier alpha value is -0.910. The summed E-state index contributed by atoms with van der Waals surface area (Å²) in [5, 5.41) is 11.8. The van der Waals surface area contributed by atoms with Crippen molar-refractivity contribution < 1.29 is 14.7 Å². The van der Waals surface area contributed by atoms with Gasteiger partial charge in [-0.2, -0.15) is 11.8 Å². The monoisotopic (exact) mass is 288 g/mol. The third-order valence-electron chi connectivity index (χ3n) is 3.57. The maximum absolute atomic E-state index is 12.1. The standard InChI is InChI=1S/C13H24N2O3S/c1-3-10(2)15(9-12(16)17)13(18)14-8-11-4-6-19-7-5-11/h10-11H,3-9H2,1-2H3,(H,14,18)(H,16,17). The Bertz CT molecular complexity index is 306. The normalized spacial score (nSPS) is 17.8. The van der Waals surface area contributed by atoms with E-state index < -0.39 is 5.97 Å². The van der Waals surface area contributed by atoms with Gasteiger partial charge in [-0.1, -0.05) is 6.92 Å². The minimum atomic E-state index is -0.968. The zero-order chi connectivity index (χ0) is 14.3. The van der Waals surface area contributed by atoms with Gasteiger partial charge in [-0.15, -0.1) is 0 Å². The molecule has 19 heavy (non-hydrogen) atoms. The Morgan fingerprint density at radius 1 is 1.42 bits per heavy atom. The molecule has 1 unspecified atom stereocenters. The van der Waals surface area contributed by atoms with Gasteiger partial charge in [-0.05, 0) is 43.6 Å². The fourth-order valence-electron chi connectivity index (χ4n) is 2.08. The molecule has 1 saturated heterocycles. The smallest absolute Gasteiger partial charge is 0.323 e.